The van der Waals surface area contributed by atoms with Crippen LogP contribution < -0.4 is 14.8 Å². The fraction of sp³-hybridized carbons (Fsp3) is 0.333. The number of hydrogen-bond donors (Lipinski definition) is 1. The van der Waals surface area contributed by atoms with Crippen molar-refractivity contribution in [2.45, 2.75) is 13.0 Å². The Morgan fingerprint density at radius 3 is 2.57 bits per heavy atom. The van der Waals surface area contributed by atoms with Crippen molar-refractivity contribution in [1.82, 2.24) is 5.32 Å². The van der Waals surface area contributed by atoms with Gasteiger partial charge in [0.2, 0.25) is 0 Å². The zero-order valence-electron chi connectivity index (χ0n) is 12.1. The van der Waals surface area contributed by atoms with Gasteiger partial charge in [0.05, 0.1) is 20.3 Å². The van der Waals surface area contributed by atoms with Crippen LogP contribution in [0.2, 0.25) is 5.02 Å². The van der Waals surface area contributed by atoms with E-state index in [9.17, 15) is 0 Å². The lowest BCUT2D eigenvalue weighted by Crippen LogP contribution is -2.22. The average molecular weight is 391 g/mol. The van der Waals surface area contributed by atoms with Crippen molar-refractivity contribution in [3.8, 4) is 11.5 Å². The Bertz CT molecular complexity index is 618. The van der Waals surface area contributed by atoms with Crippen molar-refractivity contribution in [2.75, 3.05) is 20.8 Å². The molecule has 6 heteroatoms. The lowest BCUT2D eigenvalue weighted by Gasteiger charge is -2.22. The third-order valence-electron chi connectivity index (χ3n) is 3.14. The molecule has 1 atom stereocenters. The first-order chi connectivity index (χ1) is 10.1. The second-order valence-electron chi connectivity index (χ2n) is 4.33. The first-order valence-electron chi connectivity index (χ1n) is 6.50. The average Bonchev–Trinajstić information content (AvgIpc) is 2.90. The molecule has 0 spiro atoms. The molecule has 0 saturated heterocycles. The second kappa shape index (κ2) is 7.49. The van der Waals surface area contributed by atoms with Crippen molar-refractivity contribution in [2.24, 2.45) is 0 Å². The quantitative estimate of drug-likeness (QED) is 0.762. The summed E-state index contributed by atoms with van der Waals surface area (Å²) in [5.41, 5.74) is 0.994. The van der Waals surface area contributed by atoms with Gasteiger partial charge in [0.25, 0.3) is 0 Å². The van der Waals surface area contributed by atoms with Crippen LogP contribution in [-0.2, 0) is 0 Å². The van der Waals surface area contributed by atoms with E-state index in [0.717, 1.165) is 16.6 Å². The van der Waals surface area contributed by atoms with Gasteiger partial charge in [-0.05, 0) is 46.1 Å². The normalized spacial score (nSPS) is 12.2. The van der Waals surface area contributed by atoms with Crippen molar-refractivity contribution in [3.63, 3.8) is 0 Å². The number of hydrogen-bond acceptors (Lipinski definition) is 4. The molecular formula is C15H17BrClNO2S. The number of methoxy groups -OCH3 is 2. The van der Waals surface area contributed by atoms with Crippen molar-refractivity contribution >= 4 is 38.9 Å². The third-order valence-corrected chi connectivity index (χ3v) is 5.44. The Morgan fingerprint density at radius 2 is 2.05 bits per heavy atom. The number of nitrogens with one attached hydrogen (secondary N) is 1. The largest absolute Gasteiger partial charge is 0.495 e. The highest BCUT2D eigenvalue weighted by Crippen LogP contribution is 2.43. The van der Waals surface area contributed by atoms with Crippen LogP contribution in [0.3, 0.4) is 0 Å². The van der Waals surface area contributed by atoms with Crippen molar-refractivity contribution in [1.29, 1.82) is 0 Å². The van der Waals surface area contributed by atoms with Gasteiger partial charge >= 0.3 is 0 Å². The van der Waals surface area contributed by atoms with Gasteiger partial charge in [0, 0.05) is 14.9 Å². The highest BCUT2D eigenvalue weighted by Gasteiger charge is 2.24. The smallest absolute Gasteiger partial charge is 0.146 e. The third kappa shape index (κ3) is 3.37. The molecule has 2 aromatic rings. The van der Waals surface area contributed by atoms with Crippen LogP contribution in [0.15, 0.2) is 28.1 Å². The molecule has 1 heterocycles. The standard InChI is InChI=1S/C15H17BrClNO2S/c1-4-18-13(15-10(16)7-8-21-15)9-5-6-11(19-2)12(17)14(9)20-3/h5-8,13,18H,4H2,1-3H3. The lowest BCUT2D eigenvalue weighted by atomic mass is 10.0. The van der Waals surface area contributed by atoms with Crippen LogP contribution in [0, 0.1) is 0 Å². The van der Waals surface area contributed by atoms with Crippen LogP contribution in [0.25, 0.3) is 0 Å². The summed E-state index contributed by atoms with van der Waals surface area (Å²) in [6.45, 7) is 2.91. The molecule has 21 heavy (non-hydrogen) atoms. The Balaban J connectivity index is 2.55. The number of ether oxygens (including phenoxy) is 2. The van der Waals surface area contributed by atoms with E-state index in [2.05, 4.69) is 33.6 Å². The monoisotopic (exact) mass is 389 g/mol. The number of rotatable bonds is 6. The molecule has 0 bridgehead atoms. The van der Waals surface area contributed by atoms with E-state index in [1.54, 1.807) is 25.6 Å². The van der Waals surface area contributed by atoms with Gasteiger partial charge in [-0.15, -0.1) is 11.3 Å². The first-order valence-corrected chi connectivity index (χ1v) is 8.55. The van der Waals surface area contributed by atoms with Crippen LogP contribution in [0.4, 0.5) is 0 Å². The molecule has 1 aromatic carbocycles. The summed E-state index contributed by atoms with van der Waals surface area (Å²) in [6.07, 6.45) is 0. The molecule has 114 valence electrons. The number of benzene rings is 1. The molecule has 0 amide bonds. The molecule has 0 saturated carbocycles. The fourth-order valence-corrected chi connectivity index (χ4v) is 4.23. The lowest BCUT2D eigenvalue weighted by molar-refractivity contribution is 0.388. The molecule has 1 aromatic heterocycles. The van der Waals surface area contributed by atoms with Crippen molar-refractivity contribution in [3.05, 3.63) is 43.5 Å². The molecule has 1 unspecified atom stereocenters. The van der Waals surface area contributed by atoms with Gasteiger partial charge in [-0.1, -0.05) is 18.5 Å². The van der Waals surface area contributed by atoms with E-state index in [-0.39, 0.29) is 6.04 Å². The van der Waals surface area contributed by atoms with Crippen LogP contribution in [-0.4, -0.2) is 20.8 Å². The Kier molecular flexibility index (Phi) is 5.93. The van der Waals surface area contributed by atoms with E-state index in [1.165, 1.54) is 4.88 Å². The highest BCUT2D eigenvalue weighted by molar-refractivity contribution is 9.10. The Labute approximate surface area is 142 Å². The van der Waals surface area contributed by atoms with Crippen LogP contribution >= 0.6 is 38.9 Å². The summed E-state index contributed by atoms with van der Waals surface area (Å²) < 4.78 is 11.9. The Hall–Kier alpha value is -0.750. The second-order valence-corrected chi connectivity index (χ2v) is 6.51. The molecule has 3 nitrogen and oxygen atoms in total. The van der Waals surface area contributed by atoms with Gasteiger partial charge in [-0.3, -0.25) is 0 Å². The van der Waals surface area contributed by atoms with Crippen molar-refractivity contribution < 1.29 is 9.47 Å². The summed E-state index contributed by atoms with van der Waals surface area (Å²) in [5.74, 6) is 1.25. The van der Waals surface area contributed by atoms with Crippen LogP contribution in [0.5, 0.6) is 11.5 Å². The molecule has 0 aliphatic carbocycles. The van der Waals surface area contributed by atoms with Gasteiger partial charge < -0.3 is 14.8 Å². The number of halogens is 2. The molecular weight excluding hydrogens is 374 g/mol. The number of thiophene rings is 1. The topological polar surface area (TPSA) is 30.5 Å². The summed E-state index contributed by atoms with van der Waals surface area (Å²) >= 11 is 11.7. The fourth-order valence-electron chi connectivity index (χ4n) is 2.20. The molecule has 0 fully saturated rings. The van der Waals surface area contributed by atoms with E-state index in [0.29, 0.717) is 16.5 Å². The van der Waals surface area contributed by atoms with Gasteiger partial charge in [-0.2, -0.15) is 0 Å². The van der Waals surface area contributed by atoms with E-state index in [4.69, 9.17) is 21.1 Å². The summed E-state index contributed by atoms with van der Waals surface area (Å²) in [7, 11) is 3.22. The molecule has 2 rings (SSSR count). The van der Waals surface area contributed by atoms with Gasteiger partial charge in [-0.25, -0.2) is 0 Å². The Morgan fingerprint density at radius 1 is 1.29 bits per heavy atom. The zero-order valence-corrected chi connectivity index (χ0v) is 15.2. The summed E-state index contributed by atoms with van der Waals surface area (Å²) in [4.78, 5) is 1.19. The maximum absolute atomic E-state index is 6.37. The molecule has 0 aliphatic heterocycles. The van der Waals surface area contributed by atoms with Crippen LogP contribution in [0.1, 0.15) is 23.4 Å². The SMILES string of the molecule is CCNC(c1ccc(OC)c(Cl)c1OC)c1sccc1Br. The minimum absolute atomic E-state index is 0.0164. The minimum atomic E-state index is 0.0164. The molecule has 0 aliphatic rings. The minimum Gasteiger partial charge on any atom is -0.495 e. The predicted octanol–water partition coefficient (Wildman–Crippen LogP) is 4.88. The molecule has 1 N–H and O–H groups in total. The highest BCUT2D eigenvalue weighted by atomic mass is 79.9. The van der Waals surface area contributed by atoms with E-state index >= 15 is 0 Å². The maximum atomic E-state index is 6.37. The predicted molar refractivity (Wildman–Crippen MR) is 92.1 cm³/mol. The van der Waals surface area contributed by atoms with Gasteiger partial charge in [0.15, 0.2) is 0 Å². The summed E-state index contributed by atoms with van der Waals surface area (Å²) in [5, 5.41) is 6.03. The van der Waals surface area contributed by atoms with Gasteiger partial charge in [0.1, 0.15) is 16.5 Å². The maximum Gasteiger partial charge on any atom is 0.146 e. The molecule has 0 radical (unpaired) electrons. The summed E-state index contributed by atoms with van der Waals surface area (Å²) in [6, 6.07) is 5.92. The zero-order chi connectivity index (χ0) is 15.4. The van der Waals surface area contributed by atoms with E-state index < -0.39 is 0 Å². The van der Waals surface area contributed by atoms with E-state index in [1.807, 2.05) is 18.2 Å². The first kappa shape index (κ1) is 16.6.